The zero-order valence-electron chi connectivity index (χ0n) is 12.7. The smallest absolute Gasteiger partial charge is 0.227 e. The van der Waals surface area contributed by atoms with Crippen LogP contribution in [-0.2, 0) is 16.1 Å². The molecule has 1 fully saturated rings. The van der Waals surface area contributed by atoms with E-state index in [1.54, 1.807) is 16.9 Å². The highest BCUT2D eigenvalue weighted by molar-refractivity contribution is 9.10. The fourth-order valence-electron chi connectivity index (χ4n) is 2.54. The molecule has 1 saturated heterocycles. The molecule has 1 aromatic carbocycles. The number of rotatable bonds is 5. The molecule has 1 atom stereocenters. The topological polar surface area (TPSA) is 68.2 Å². The summed E-state index contributed by atoms with van der Waals surface area (Å²) in [5.41, 5.74) is 1.11. The van der Waals surface area contributed by atoms with Crippen molar-refractivity contribution >= 4 is 27.7 Å². The van der Waals surface area contributed by atoms with Crippen molar-refractivity contribution in [2.75, 3.05) is 25.1 Å². The van der Waals surface area contributed by atoms with Crippen molar-refractivity contribution in [2.24, 2.45) is 0 Å². The Bertz CT molecular complexity index is 668. The van der Waals surface area contributed by atoms with Crippen LogP contribution in [0.5, 0.6) is 0 Å². The lowest BCUT2D eigenvalue weighted by atomic mass is 10.2. The molecule has 1 aliphatic heterocycles. The van der Waals surface area contributed by atoms with Crippen LogP contribution >= 0.6 is 15.9 Å². The summed E-state index contributed by atoms with van der Waals surface area (Å²) in [6.07, 6.45) is 2.08. The van der Waals surface area contributed by atoms with E-state index in [1.807, 2.05) is 24.3 Å². The molecule has 1 aliphatic rings. The van der Waals surface area contributed by atoms with Gasteiger partial charge in [0.15, 0.2) is 0 Å². The van der Waals surface area contributed by atoms with Gasteiger partial charge in [0.1, 0.15) is 5.82 Å². The second-order valence-corrected chi connectivity index (χ2v) is 6.40. The third-order valence-electron chi connectivity index (χ3n) is 3.64. The van der Waals surface area contributed by atoms with Gasteiger partial charge in [-0.2, -0.15) is 5.10 Å². The standard InChI is InChI=1S/C16H19BrN4O2/c17-13-3-1-2-12(8-13)10-21-15(4-5-19-21)20-16(22)9-14-11-23-7-6-18-14/h1-5,8,14,18H,6-7,9-11H2,(H,20,22). The molecule has 1 unspecified atom stereocenters. The second-order valence-electron chi connectivity index (χ2n) is 5.48. The van der Waals surface area contributed by atoms with Crippen molar-refractivity contribution in [1.82, 2.24) is 15.1 Å². The Labute approximate surface area is 143 Å². The van der Waals surface area contributed by atoms with Gasteiger partial charge in [-0.1, -0.05) is 28.1 Å². The van der Waals surface area contributed by atoms with Crippen LogP contribution in [0.25, 0.3) is 0 Å². The van der Waals surface area contributed by atoms with Crippen LogP contribution in [-0.4, -0.2) is 41.5 Å². The first-order chi connectivity index (χ1) is 11.2. The number of carbonyl (C=O) groups excluding carboxylic acids is 1. The highest BCUT2D eigenvalue weighted by Gasteiger charge is 2.17. The Morgan fingerprint density at radius 3 is 3.17 bits per heavy atom. The Kier molecular flexibility index (Phi) is 5.43. The number of benzene rings is 1. The van der Waals surface area contributed by atoms with E-state index in [4.69, 9.17) is 4.74 Å². The molecule has 0 aliphatic carbocycles. The van der Waals surface area contributed by atoms with Crippen LogP contribution < -0.4 is 10.6 Å². The van der Waals surface area contributed by atoms with E-state index in [-0.39, 0.29) is 11.9 Å². The minimum Gasteiger partial charge on any atom is -0.378 e. The van der Waals surface area contributed by atoms with Crippen molar-refractivity contribution in [1.29, 1.82) is 0 Å². The van der Waals surface area contributed by atoms with Crippen LogP contribution in [0.4, 0.5) is 5.82 Å². The summed E-state index contributed by atoms with van der Waals surface area (Å²) in [4.78, 5) is 12.2. The van der Waals surface area contributed by atoms with Gasteiger partial charge in [0.2, 0.25) is 5.91 Å². The Hall–Kier alpha value is -1.70. The van der Waals surface area contributed by atoms with Gasteiger partial charge in [0, 0.05) is 29.5 Å². The summed E-state index contributed by atoms with van der Waals surface area (Å²) < 4.78 is 8.17. The Morgan fingerprint density at radius 2 is 2.39 bits per heavy atom. The third kappa shape index (κ3) is 4.63. The van der Waals surface area contributed by atoms with Crippen LogP contribution in [0.3, 0.4) is 0 Å². The number of hydrogen-bond acceptors (Lipinski definition) is 4. The van der Waals surface area contributed by atoms with Crippen molar-refractivity contribution in [2.45, 2.75) is 19.0 Å². The molecular weight excluding hydrogens is 360 g/mol. The van der Waals surface area contributed by atoms with Gasteiger partial charge in [-0.3, -0.25) is 4.79 Å². The van der Waals surface area contributed by atoms with E-state index in [0.29, 0.717) is 32.0 Å². The number of amides is 1. The molecule has 6 nitrogen and oxygen atoms in total. The Balaban J connectivity index is 1.60. The van der Waals surface area contributed by atoms with Gasteiger partial charge in [-0.05, 0) is 17.7 Å². The number of nitrogens with zero attached hydrogens (tertiary/aromatic N) is 2. The highest BCUT2D eigenvalue weighted by atomic mass is 79.9. The third-order valence-corrected chi connectivity index (χ3v) is 4.13. The van der Waals surface area contributed by atoms with E-state index >= 15 is 0 Å². The number of ether oxygens (including phenoxy) is 1. The maximum atomic E-state index is 12.2. The van der Waals surface area contributed by atoms with Crippen LogP contribution in [0.2, 0.25) is 0 Å². The molecule has 23 heavy (non-hydrogen) atoms. The average Bonchev–Trinajstić information content (AvgIpc) is 2.95. The van der Waals surface area contributed by atoms with Crippen LogP contribution in [0.1, 0.15) is 12.0 Å². The van der Waals surface area contributed by atoms with Gasteiger partial charge < -0.3 is 15.4 Å². The van der Waals surface area contributed by atoms with E-state index in [9.17, 15) is 4.79 Å². The van der Waals surface area contributed by atoms with Crippen LogP contribution in [0, 0.1) is 0 Å². The lowest BCUT2D eigenvalue weighted by Crippen LogP contribution is -2.43. The summed E-state index contributed by atoms with van der Waals surface area (Å²) in [5.74, 6) is 0.663. The molecule has 1 amide bonds. The number of aromatic nitrogens is 2. The number of carbonyl (C=O) groups is 1. The molecule has 2 aromatic rings. The summed E-state index contributed by atoms with van der Waals surface area (Å²) in [7, 11) is 0. The first-order valence-electron chi connectivity index (χ1n) is 7.58. The van der Waals surface area contributed by atoms with Gasteiger partial charge >= 0.3 is 0 Å². The van der Waals surface area contributed by atoms with E-state index in [0.717, 1.165) is 16.6 Å². The molecule has 2 heterocycles. The molecule has 3 rings (SSSR count). The number of hydrogen-bond donors (Lipinski definition) is 2. The normalized spacial score (nSPS) is 17.9. The Morgan fingerprint density at radius 1 is 1.48 bits per heavy atom. The van der Waals surface area contributed by atoms with Gasteiger partial charge in [-0.25, -0.2) is 4.68 Å². The van der Waals surface area contributed by atoms with Gasteiger partial charge in [0.05, 0.1) is 26.0 Å². The average molecular weight is 379 g/mol. The predicted octanol–water partition coefficient (Wildman–Crippen LogP) is 2.01. The van der Waals surface area contributed by atoms with Crippen molar-refractivity contribution in [3.8, 4) is 0 Å². The molecule has 0 spiro atoms. The first-order valence-corrected chi connectivity index (χ1v) is 8.37. The maximum absolute atomic E-state index is 12.2. The van der Waals surface area contributed by atoms with Gasteiger partial charge in [-0.15, -0.1) is 0 Å². The minimum atomic E-state index is -0.0380. The molecular formula is C16H19BrN4O2. The zero-order valence-corrected chi connectivity index (χ0v) is 14.3. The highest BCUT2D eigenvalue weighted by Crippen LogP contribution is 2.15. The zero-order chi connectivity index (χ0) is 16.1. The van der Waals surface area contributed by atoms with E-state index in [1.165, 1.54) is 0 Å². The summed E-state index contributed by atoms with van der Waals surface area (Å²) in [6.45, 7) is 2.67. The van der Waals surface area contributed by atoms with E-state index < -0.39 is 0 Å². The molecule has 0 radical (unpaired) electrons. The number of anilines is 1. The molecule has 1 aromatic heterocycles. The monoisotopic (exact) mass is 378 g/mol. The van der Waals surface area contributed by atoms with Crippen molar-refractivity contribution < 1.29 is 9.53 Å². The number of morpholine rings is 1. The van der Waals surface area contributed by atoms with E-state index in [2.05, 4.69) is 31.7 Å². The molecule has 2 N–H and O–H groups in total. The largest absolute Gasteiger partial charge is 0.378 e. The first kappa shape index (κ1) is 16.2. The molecule has 7 heteroatoms. The second kappa shape index (κ2) is 7.72. The summed E-state index contributed by atoms with van der Waals surface area (Å²) in [5, 5.41) is 10.5. The van der Waals surface area contributed by atoms with Crippen molar-refractivity contribution in [3.05, 3.63) is 46.6 Å². The summed E-state index contributed by atoms with van der Waals surface area (Å²) in [6, 6.07) is 9.91. The lowest BCUT2D eigenvalue weighted by Gasteiger charge is -2.23. The fourth-order valence-corrected chi connectivity index (χ4v) is 2.99. The lowest BCUT2D eigenvalue weighted by molar-refractivity contribution is -0.117. The molecule has 0 bridgehead atoms. The fraction of sp³-hybridized carbons (Fsp3) is 0.375. The number of halogens is 1. The maximum Gasteiger partial charge on any atom is 0.227 e. The molecule has 122 valence electrons. The number of nitrogens with one attached hydrogen (secondary N) is 2. The predicted molar refractivity (Wildman–Crippen MR) is 91.3 cm³/mol. The quantitative estimate of drug-likeness (QED) is 0.834. The minimum absolute atomic E-state index is 0.0380. The summed E-state index contributed by atoms with van der Waals surface area (Å²) >= 11 is 3.46. The van der Waals surface area contributed by atoms with Gasteiger partial charge in [0.25, 0.3) is 0 Å². The molecule has 0 saturated carbocycles. The van der Waals surface area contributed by atoms with Crippen molar-refractivity contribution in [3.63, 3.8) is 0 Å². The van der Waals surface area contributed by atoms with Crippen LogP contribution in [0.15, 0.2) is 41.0 Å². The SMILES string of the molecule is O=C(CC1COCCN1)Nc1ccnn1Cc1cccc(Br)c1.